The summed E-state index contributed by atoms with van der Waals surface area (Å²) in [5.41, 5.74) is -0.570. The molecule has 0 radical (unpaired) electrons. The molecule has 0 heterocycles. The van der Waals surface area contributed by atoms with Gasteiger partial charge in [-0.2, -0.15) is 5.26 Å². The van der Waals surface area contributed by atoms with E-state index in [1.807, 2.05) is 19.0 Å². The maximum absolute atomic E-state index is 12.3. The summed E-state index contributed by atoms with van der Waals surface area (Å²) >= 11 is 0. The van der Waals surface area contributed by atoms with E-state index in [2.05, 4.69) is 11.4 Å². The summed E-state index contributed by atoms with van der Waals surface area (Å²) in [5.74, 6) is 0.0436. The summed E-state index contributed by atoms with van der Waals surface area (Å²) in [6.45, 7) is 2.06. The van der Waals surface area contributed by atoms with Crippen LogP contribution in [0.4, 0.5) is 0 Å². The third-order valence-electron chi connectivity index (χ3n) is 4.05. The molecule has 0 atom stereocenters. The van der Waals surface area contributed by atoms with Crippen molar-refractivity contribution in [2.45, 2.75) is 37.6 Å². The van der Waals surface area contributed by atoms with E-state index in [0.717, 1.165) is 38.8 Å². The van der Waals surface area contributed by atoms with Crippen LogP contribution in [0.1, 0.15) is 32.1 Å². The second-order valence-corrected chi connectivity index (χ2v) is 5.50. The lowest BCUT2D eigenvalue weighted by Gasteiger charge is -2.39. The molecule has 5 nitrogen and oxygen atoms in total. The smallest absolute Gasteiger partial charge is 0.237 e. The minimum atomic E-state index is -0.570. The number of hydrogen-bond donors (Lipinski definition) is 1. The molecular formula is C14H26N4O. The maximum Gasteiger partial charge on any atom is 0.237 e. The van der Waals surface area contributed by atoms with E-state index in [1.54, 1.807) is 11.9 Å². The molecule has 0 saturated heterocycles. The zero-order valence-corrected chi connectivity index (χ0v) is 12.4. The normalized spacial score (nSPS) is 18.1. The first kappa shape index (κ1) is 15.9. The van der Waals surface area contributed by atoms with Gasteiger partial charge in [-0.1, -0.05) is 19.3 Å². The fraction of sp³-hybridized carbons (Fsp3) is 0.857. The molecule has 0 aromatic heterocycles. The zero-order valence-electron chi connectivity index (χ0n) is 12.4. The van der Waals surface area contributed by atoms with Crippen molar-refractivity contribution in [3.63, 3.8) is 0 Å². The number of nitriles is 1. The van der Waals surface area contributed by atoms with Gasteiger partial charge in [0.25, 0.3) is 0 Å². The molecule has 0 unspecified atom stereocenters. The number of nitrogens with one attached hydrogen (secondary N) is 1. The topological polar surface area (TPSA) is 59.4 Å². The SMILES string of the molecule is CNCCN(C)CC(=O)N(C)C1(C#N)CCCCC1. The Hall–Kier alpha value is -1.12. The van der Waals surface area contributed by atoms with Gasteiger partial charge >= 0.3 is 0 Å². The minimum absolute atomic E-state index is 0.0436. The lowest BCUT2D eigenvalue weighted by Crippen LogP contribution is -2.52. The quantitative estimate of drug-likeness (QED) is 0.773. The fourth-order valence-electron chi connectivity index (χ4n) is 2.62. The third-order valence-corrected chi connectivity index (χ3v) is 4.05. The van der Waals surface area contributed by atoms with E-state index in [9.17, 15) is 10.1 Å². The van der Waals surface area contributed by atoms with Crippen molar-refractivity contribution in [1.82, 2.24) is 15.1 Å². The molecule has 0 spiro atoms. The molecule has 1 rings (SSSR count). The van der Waals surface area contributed by atoms with Gasteiger partial charge in [0.15, 0.2) is 0 Å². The fourth-order valence-corrected chi connectivity index (χ4v) is 2.62. The van der Waals surface area contributed by atoms with Crippen LogP contribution in [0.2, 0.25) is 0 Å². The van der Waals surface area contributed by atoms with Crippen molar-refractivity contribution in [3.05, 3.63) is 0 Å². The summed E-state index contributed by atoms with van der Waals surface area (Å²) in [6, 6.07) is 2.39. The molecule has 0 aromatic rings. The van der Waals surface area contributed by atoms with Crippen molar-refractivity contribution in [3.8, 4) is 6.07 Å². The molecule has 0 aromatic carbocycles. The Bertz CT molecular complexity index is 331. The minimum Gasteiger partial charge on any atom is -0.326 e. The highest BCUT2D eigenvalue weighted by molar-refractivity contribution is 5.79. The molecule has 108 valence electrons. The van der Waals surface area contributed by atoms with Gasteiger partial charge in [0.1, 0.15) is 5.54 Å². The second-order valence-electron chi connectivity index (χ2n) is 5.50. The number of carbonyl (C=O) groups is 1. The molecule has 0 aliphatic heterocycles. The number of hydrogen-bond acceptors (Lipinski definition) is 4. The van der Waals surface area contributed by atoms with Gasteiger partial charge < -0.3 is 10.2 Å². The number of rotatable bonds is 6. The molecular weight excluding hydrogens is 240 g/mol. The molecule has 0 bridgehead atoms. The molecule has 1 amide bonds. The number of likely N-dealkylation sites (N-methyl/N-ethyl adjacent to an activating group) is 3. The summed E-state index contributed by atoms with van der Waals surface area (Å²) in [6.07, 6.45) is 4.88. The van der Waals surface area contributed by atoms with Crippen LogP contribution < -0.4 is 5.32 Å². The molecule has 1 fully saturated rings. The third kappa shape index (κ3) is 4.19. The summed E-state index contributed by atoms with van der Waals surface area (Å²) in [5, 5.41) is 12.5. The van der Waals surface area contributed by atoms with Crippen LogP contribution in [0.15, 0.2) is 0 Å². The second kappa shape index (κ2) is 7.46. The Morgan fingerprint density at radius 3 is 2.47 bits per heavy atom. The van der Waals surface area contributed by atoms with Crippen molar-refractivity contribution in [2.75, 3.05) is 40.8 Å². The average Bonchev–Trinajstić information content (AvgIpc) is 2.44. The Morgan fingerprint density at radius 2 is 1.95 bits per heavy atom. The Balaban J connectivity index is 2.57. The lowest BCUT2D eigenvalue weighted by molar-refractivity contribution is -0.135. The standard InChI is InChI=1S/C14H26N4O/c1-16-9-10-17(2)11-13(19)18(3)14(12-15)7-5-4-6-8-14/h16H,4-11H2,1-3H3. The van der Waals surface area contributed by atoms with Gasteiger partial charge in [-0.3, -0.25) is 9.69 Å². The summed E-state index contributed by atoms with van der Waals surface area (Å²) < 4.78 is 0. The maximum atomic E-state index is 12.3. The first-order valence-corrected chi connectivity index (χ1v) is 7.07. The monoisotopic (exact) mass is 266 g/mol. The van der Waals surface area contributed by atoms with Crippen molar-refractivity contribution < 1.29 is 4.79 Å². The largest absolute Gasteiger partial charge is 0.326 e. The molecule has 19 heavy (non-hydrogen) atoms. The predicted octanol–water partition coefficient (Wildman–Crippen LogP) is 0.822. The zero-order chi connectivity index (χ0) is 14.3. The van der Waals surface area contributed by atoms with E-state index < -0.39 is 5.54 Å². The molecule has 1 aliphatic rings. The van der Waals surface area contributed by atoms with Crippen molar-refractivity contribution in [2.24, 2.45) is 0 Å². The van der Waals surface area contributed by atoms with Crippen LogP contribution in [0, 0.1) is 11.3 Å². The van der Waals surface area contributed by atoms with Crippen LogP contribution in [-0.4, -0.2) is 62.0 Å². The highest BCUT2D eigenvalue weighted by Crippen LogP contribution is 2.32. The average molecular weight is 266 g/mol. The van der Waals surface area contributed by atoms with E-state index in [1.165, 1.54) is 6.42 Å². The first-order chi connectivity index (χ1) is 9.05. The Labute approximate surface area is 116 Å². The van der Waals surface area contributed by atoms with Gasteiger partial charge in [0.2, 0.25) is 5.91 Å². The number of nitrogens with zero attached hydrogens (tertiary/aromatic N) is 3. The van der Waals surface area contributed by atoms with Gasteiger partial charge in [-0.25, -0.2) is 0 Å². The Morgan fingerprint density at radius 1 is 1.32 bits per heavy atom. The van der Waals surface area contributed by atoms with Crippen LogP contribution in [0.3, 0.4) is 0 Å². The number of amides is 1. The van der Waals surface area contributed by atoms with E-state index in [0.29, 0.717) is 6.54 Å². The van der Waals surface area contributed by atoms with Crippen LogP contribution in [-0.2, 0) is 4.79 Å². The highest BCUT2D eigenvalue weighted by Gasteiger charge is 2.38. The highest BCUT2D eigenvalue weighted by atomic mass is 16.2. The van der Waals surface area contributed by atoms with E-state index in [-0.39, 0.29) is 5.91 Å². The predicted molar refractivity (Wildman–Crippen MR) is 75.6 cm³/mol. The van der Waals surface area contributed by atoms with Crippen LogP contribution in [0.5, 0.6) is 0 Å². The van der Waals surface area contributed by atoms with E-state index >= 15 is 0 Å². The van der Waals surface area contributed by atoms with Gasteiger partial charge in [0, 0.05) is 20.1 Å². The summed E-state index contributed by atoms with van der Waals surface area (Å²) in [7, 11) is 5.61. The van der Waals surface area contributed by atoms with Gasteiger partial charge in [-0.15, -0.1) is 0 Å². The molecule has 5 heteroatoms. The number of carbonyl (C=O) groups excluding carboxylic acids is 1. The van der Waals surface area contributed by atoms with Gasteiger partial charge in [0.05, 0.1) is 12.6 Å². The summed E-state index contributed by atoms with van der Waals surface area (Å²) in [4.78, 5) is 16.0. The Kier molecular flexibility index (Phi) is 6.26. The molecule has 1 N–H and O–H groups in total. The van der Waals surface area contributed by atoms with Crippen LogP contribution in [0.25, 0.3) is 0 Å². The van der Waals surface area contributed by atoms with Gasteiger partial charge in [-0.05, 0) is 26.9 Å². The van der Waals surface area contributed by atoms with E-state index in [4.69, 9.17) is 0 Å². The van der Waals surface area contributed by atoms with Crippen LogP contribution >= 0.6 is 0 Å². The lowest BCUT2D eigenvalue weighted by atomic mass is 9.81. The molecule has 1 aliphatic carbocycles. The van der Waals surface area contributed by atoms with Crippen molar-refractivity contribution >= 4 is 5.91 Å². The first-order valence-electron chi connectivity index (χ1n) is 7.07. The molecule has 1 saturated carbocycles. The van der Waals surface area contributed by atoms with Crippen molar-refractivity contribution in [1.29, 1.82) is 5.26 Å².